The van der Waals surface area contributed by atoms with Crippen molar-refractivity contribution >= 4 is 12.1 Å². The molecule has 6 heteroatoms. The first-order valence-corrected chi connectivity index (χ1v) is 8.08. The highest BCUT2D eigenvalue weighted by atomic mass is 19.1. The molecule has 25 heavy (non-hydrogen) atoms. The first-order valence-electron chi connectivity index (χ1n) is 8.08. The molecule has 5 nitrogen and oxygen atoms in total. The normalized spacial score (nSPS) is 10.7. The van der Waals surface area contributed by atoms with E-state index >= 15 is 0 Å². The third-order valence-corrected chi connectivity index (χ3v) is 3.25. The minimum absolute atomic E-state index is 0.130. The molecule has 0 atom stereocenters. The first-order chi connectivity index (χ1) is 12.1. The molecule has 0 fully saturated rings. The van der Waals surface area contributed by atoms with Gasteiger partial charge in [0.1, 0.15) is 5.82 Å². The highest BCUT2D eigenvalue weighted by molar-refractivity contribution is 5.84. The van der Waals surface area contributed by atoms with Gasteiger partial charge in [0.25, 0.3) is 0 Å². The predicted molar refractivity (Wildman–Crippen MR) is 94.6 cm³/mol. The number of hydrogen-bond donors (Lipinski definition) is 1. The van der Waals surface area contributed by atoms with Crippen LogP contribution < -0.4 is 14.9 Å². The number of hydrogen-bond acceptors (Lipinski definition) is 4. The van der Waals surface area contributed by atoms with Crippen molar-refractivity contribution in [1.82, 2.24) is 5.43 Å². The van der Waals surface area contributed by atoms with Crippen LogP contribution in [0.25, 0.3) is 0 Å². The quantitative estimate of drug-likeness (QED) is 0.590. The lowest BCUT2D eigenvalue weighted by Gasteiger charge is -2.11. The van der Waals surface area contributed by atoms with Gasteiger partial charge >= 0.3 is 0 Å². The molecule has 132 valence electrons. The second-order valence-electron chi connectivity index (χ2n) is 5.17. The van der Waals surface area contributed by atoms with Gasteiger partial charge in [-0.05, 0) is 55.3 Å². The fourth-order valence-corrected chi connectivity index (χ4v) is 2.15. The number of nitrogens with zero attached hydrogens (tertiary/aromatic N) is 1. The van der Waals surface area contributed by atoms with Gasteiger partial charge in [-0.2, -0.15) is 5.10 Å². The van der Waals surface area contributed by atoms with Gasteiger partial charge in [0, 0.05) is 0 Å². The molecule has 0 aliphatic heterocycles. The Kier molecular flexibility index (Phi) is 6.95. The number of rotatable bonds is 8. The van der Waals surface area contributed by atoms with Gasteiger partial charge in [-0.1, -0.05) is 12.1 Å². The van der Waals surface area contributed by atoms with Crippen LogP contribution >= 0.6 is 0 Å². The molecule has 0 aromatic heterocycles. The first kappa shape index (κ1) is 18.4. The zero-order chi connectivity index (χ0) is 18.1. The van der Waals surface area contributed by atoms with Crippen molar-refractivity contribution in [1.29, 1.82) is 0 Å². The maximum absolute atomic E-state index is 12.8. The van der Waals surface area contributed by atoms with Crippen molar-refractivity contribution in [3.8, 4) is 11.5 Å². The van der Waals surface area contributed by atoms with Gasteiger partial charge in [-0.15, -0.1) is 0 Å². The van der Waals surface area contributed by atoms with Crippen molar-refractivity contribution in [3.63, 3.8) is 0 Å². The Balaban J connectivity index is 1.95. The molecule has 0 bridgehead atoms. The maximum atomic E-state index is 12.8. The van der Waals surface area contributed by atoms with Crippen LogP contribution in [0.3, 0.4) is 0 Å². The summed E-state index contributed by atoms with van der Waals surface area (Å²) in [4.78, 5) is 11.8. The molecule has 0 spiro atoms. The van der Waals surface area contributed by atoms with E-state index in [2.05, 4.69) is 10.5 Å². The Morgan fingerprint density at radius 1 is 1.08 bits per heavy atom. The lowest BCUT2D eigenvalue weighted by molar-refractivity contribution is -0.120. The average Bonchev–Trinajstić information content (AvgIpc) is 2.59. The zero-order valence-corrected chi connectivity index (χ0v) is 14.3. The summed E-state index contributed by atoms with van der Waals surface area (Å²) in [5.41, 5.74) is 3.94. The van der Waals surface area contributed by atoms with Crippen LogP contribution in [0, 0.1) is 5.82 Å². The summed E-state index contributed by atoms with van der Waals surface area (Å²) in [6, 6.07) is 11.2. The van der Waals surface area contributed by atoms with E-state index in [9.17, 15) is 9.18 Å². The van der Waals surface area contributed by atoms with Crippen LogP contribution in [0.4, 0.5) is 4.39 Å². The number of amides is 1. The van der Waals surface area contributed by atoms with Crippen LogP contribution in [-0.2, 0) is 11.2 Å². The minimum atomic E-state index is -0.331. The highest BCUT2D eigenvalue weighted by Crippen LogP contribution is 2.27. The second-order valence-corrected chi connectivity index (χ2v) is 5.17. The fourth-order valence-electron chi connectivity index (χ4n) is 2.15. The molecule has 0 aliphatic rings. The molecular weight excluding hydrogens is 323 g/mol. The molecule has 0 radical (unpaired) electrons. The van der Waals surface area contributed by atoms with E-state index in [1.54, 1.807) is 24.3 Å². The number of halogens is 1. The largest absolute Gasteiger partial charge is 0.490 e. The molecule has 1 N–H and O–H groups in total. The molecule has 0 saturated heterocycles. The molecule has 0 saturated carbocycles. The van der Waals surface area contributed by atoms with Crippen LogP contribution in [0.1, 0.15) is 25.0 Å². The SMILES string of the molecule is CCOc1ccc(/C=N/NC(=O)Cc2ccc(F)cc2)cc1OCC. The van der Waals surface area contributed by atoms with Crippen molar-refractivity contribution in [2.45, 2.75) is 20.3 Å². The summed E-state index contributed by atoms with van der Waals surface area (Å²) in [7, 11) is 0. The van der Waals surface area contributed by atoms with Gasteiger partial charge in [-0.3, -0.25) is 4.79 Å². The average molecular weight is 344 g/mol. The summed E-state index contributed by atoms with van der Waals surface area (Å²) in [6.07, 6.45) is 1.66. The Bertz CT molecular complexity index is 730. The topological polar surface area (TPSA) is 59.9 Å². The Hall–Kier alpha value is -2.89. The third-order valence-electron chi connectivity index (χ3n) is 3.25. The van der Waals surface area contributed by atoms with Gasteiger partial charge in [0.2, 0.25) is 5.91 Å². The smallest absolute Gasteiger partial charge is 0.244 e. The standard InChI is InChI=1S/C19H21FN2O3/c1-3-24-17-10-7-15(11-18(17)25-4-2)13-21-22-19(23)12-14-5-8-16(20)9-6-14/h5-11,13H,3-4,12H2,1-2H3,(H,22,23)/b21-13+. The van der Waals surface area contributed by atoms with E-state index < -0.39 is 0 Å². The van der Waals surface area contributed by atoms with Crippen LogP contribution in [-0.4, -0.2) is 25.3 Å². The monoisotopic (exact) mass is 344 g/mol. The van der Waals surface area contributed by atoms with Gasteiger partial charge < -0.3 is 9.47 Å². The maximum Gasteiger partial charge on any atom is 0.244 e. The van der Waals surface area contributed by atoms with Crippen molar-refractivity contribution in [2.75, 3.05) is 13.2 Å². The summed E-state index contributed by atoms with van der Waals surface area (Å²) >= 11 is 0. The van der Waals surface area contributed by atoms with E-state index in [4.69, 9.17) is 9.47 Å². The van der Waals surface area contributed by atoms with Crippen LogP contribution in [0.5, 0.6) is 11.5 Å². The summed E-state index contributed by atoms with van der Waals surface area (Å²) in [6.45, 7) is 4.87. The molecule has 2 rings (SSSR count). The Morgan fingerprint density at radius 2 is 1.76 bits per heavy atom. The van der Waals surface area contributed by atoms with E-state index in [-0.39, 0.29) is 18.1 Å². The summed E-state index contributed by atoms with van der Waals surface area (Å²) in [5.74, 6) is 0.689. The molecular formula is C19H21FN2O3. The van der Waals surface area contributed by atoms with Crippen LogP contribution in [0.15, 0.2) is 47.6 Å². The van der Waals surface area contributed by atoms with E-state index in [0.29, 0.717) is 30.3 Å². The molecule has 1 amide bonds. The number of carbonyl (C=O) groups excluding carboxylic acids is 1. The number of nitrogens with one attached hydrogen (secondary N) is 1. The van der Waals surface area contributed by atoms with Gasteiger partial charge in [0.05, 0.1) is 25.8 Å². The Labute approximate surface area is 146 Å². The number of ether oxygens (including phenoxy) is 2. The van der Waals surface area contributed by atoms with Gasteiger partial charge in [0.15, 0.2) is 11.5 Å². The van der Waals surface area contributed by atoms with E-state index in [0.717, 1.165) is 5.56 Å². The highest BCUT2D eigenvalue weighted by Gasteiger charge is 2.06. The molecule has 2 aromatic carbocycles. The molecule has 0 unspecified atom stereocenters. The Morgan fingerprint density at radius 3 is 2.44 bits per heavy atom. The van der Waals surface area contributed by atoms with Crippen molar-refractivity contribution in [2.24, 2.45) is 5.10 Å². The summed E-state index contributed by atoms with van der Waals surface area (Å²) < 4.78 is 23.9. The van der Waals surface area contributed by atoms with E-state index in [1.165, 1.54) is 18.3 Å². The number of carbonyl (C=O) groups is 1. The third kappa shape index (κ3) is 5.91. The van der Waals surface area contributed by atoms with Gasteiger partial charge in [-0.25, -0.2) is 9.82 Å². The lowest BCUT2D eigenvalue weighted by Crippen LogP contribution is -2.19. The zero-order valence-electron chi connectivity index (χ0n) is 14.3. The lowest BCUT2D eigenvalue weighted by atomic mass is 10.1. The molecule has 0 heterocycles. The van der Waals surface area contributed by atoms with Crippen LogP contribution in [0.2, 0.25) is 0 Å². The molecule has 0 aliphatic carbocycles. The number of benzene rings is 2. The fraction of sp³-hybridized carbons (Fsp3) is 0.263. The predicted octanol–water partition coefficient (Wildman–Crippen LogP) is 3.32. The summed E-state index contributed by atoms with van der Waals surface area (Å²) in [5, 5.41) is 3.94. The van der Waals surface area contributed by atoms with Crippen molar-refractivity contribution in [3.05, 3.63) is 59.4 Å². The number of hydrazone groups is 1. The molecule has 2 aromatic rings. The van der Waals surface area contributed by atoms with E-state index in [1.807, 2.05) is 19.9 Å². The minimum Gasteiger partial charge on any atom is -0.490 e. The van der Waals surface area contributed by atoms with Crippen molar-refractivity contribution < 1.29 is 18.7 Å². The second kappa shape index (κ2) is 9.42.